The van der Waals surface area contributed by atoms with Crippen LogP contribution in [0.2, 0.25) is 5.02 Å². The molecule has 2 bridgehead atoms. The van der Waals surface area contributed by atoms with Gasteiger partial charge in [-0.25, -0.2) is 4.79 Å². The molecule has 1 amide bonds. The molecule has 1 N–H and O–H groups in total. The van der Waals surface area contributed by atoms with Crippen molar-refractivity contribution in [3.8, 4) is 17.0 Å². The molecule has 10 heteroatoms. The first-order chi connectivity index (χ1) is 19.1. The van der Waals surface area contributed by atoms with Crippen LogP contribution in [0.4, 0.5) is 10.5 Å². The molecule has 1 saturated carbocycles. The fourth-order valence-electron chi connectivity index (χ4n) is 6.06. The van der Waals surface area contributed by atoms with E-state index in [-0.39, 0.29) is 30.5 Å². The molecule has 212 valence electrons. The molecule has 6 rings (SSSR count). The van der Waals surface area contributed by atoms with E-state index in [0.29, 0.717) is 35.3 Å². The maximum atomic E-state index is 12.9. The molecule has 0 spiro atoms. The normalized spacial score (nSPS) is 20.7. The van der Waals surface area contributed by atoms with Gasteiger partial charge < -0.3 is 24.1 Å². The highest BCUT2D eigenvalue weighted by molar-refractivity contribution is 6.32. The molecule has 1 aromatic carbocycles. The van der Waals surface area contributed by atoms with Crippen LogP contribution in [0.25, 0.3) is 22.2 Å². The maximum Gasteiger partial charge on any atom is 0.410 e. The number of benzene rings is 1. The molecule has 3 fully saturated rings. The smallest absolute Gasteiger partial charge is 0.410 e. The molecule has 2 saturated heterocycles. The van der Waals surface area contributed by atoms with Gasteiger partial charge in [-0.2, -0.15) is 0 Å². The first-order valence-corrected chi connectivity index (χ1v) is 14.2. The maximum absolute atomic E-state index is 12.9. The van der Waals surface area contributed by atoms with Gasteiger partial charge in [-0.3, -0.25) is 14.7 Å². The van der Waals surface area contributed by atoms with Crippen molar-refractivity contribution in [1.82, 2.24) is 14.9 Å². The Morgan fingerprint density at radius 3 is 2.48 bits per heavy atom. The number of anilines is 1. The lowest BCUT2D eigenvalue weighted by atomic mass is 9.99. The van der Waals surface area contributed by atoms with Gasteiger partial charge in [-0.05, 0) is 76.1 Å². The summed E-state index contributed by atoms with van der Waals surface area (Å²) in [4.78, 5) is 37.8. The van der Waals surface area contributed by atoms with Crippen molar-refractivity contribution >= 4 is 34.3 Å². The van der Waals surface area contributed by atoms with Gasteiger partial charge in [0.05, 0.1) is 29.0 Å². The minimum absolute atomic E-state index is 0.0354. The second-order valence-electron chi connectivity index (χ2n) is 12.0. The Morgan fingerprint density at radius 2 is 1.82 bits per heavy atom. The van der Waals surface area contributed by atoms with Gasteiger partial charge in [0.2, 0.25) is 5.56 Å². The van der Waals surface area contributed by atoms with Crippen LogP contribution in [0.15, 0.2) is 35.3 Å². The predicted octanol–water partition coefficient (Wildman–Crippen LogP) is 5.69. The summed E-state index contributed by atoms with van der Waals surface area (Å²) in [5, 5.41) is 1.51. The lowest BCUT2D eigenvalue weighted by Crippen LogP contribution is -2.57. The number of amides is 1. The molecule has 40 heavy (non-hydrogen) atoms. The zero-order valence-corrected chi connectivity index (χ0v) is 24.1. The molecule has 1 aliphatic carbocycles. The van der Waals surface area contributed by atoms with E-state index in [1.807, 2.05) is 50.1 Å². The summed E-state index contributed by atoms with van der Waals surface area (Å²) < 4.78 is 16.5. The summed E-state index contributed by atoms with van der Waals surface area (Å²) in [6, 6.07) is 7.40. The van der Waals surface area contributed by atoms with Crippen molar-refractivity contribution in [3.05, 3.63) is 51.4 Å². The average Bonchev–Trinajstić information content (AvgIpc) is 3.69. The van der Waals surface area contributed by atoms with E-state index in [1.54, 1.807) is 13.2 Å². The van der Waals surface area contributed by atoms with Gasteiger partial charge in [-0.1, -0.05) is 11.6 Å². The Balaban J connectivity index is 1.34. The number of nitrogens with one attached hydrogen (secondary N) is 1. The fourth-order valence-corrected chi connectivity index (χ4v) is 6.42. The number of H-pyrrole nitrogens is 1. The Kier molecular flexibility index (Phi) is 6.91. The number of pyridine rings is 2. The third kappa shape index (κ3) is 5.24. The second-order valence-corrected chi connectivity index (χ2v) is 12.4. The van der Waals surface area contributed by atoms with Crippen LogP contribution < -0.4 is 15.2 Å². The lowest BCUT2D eigenvalue weighted by molar-refractivity contribution is 0.0123. The predicted molar refractivity (Wildman–Crippen MR) is 154 cm³/mol. The Labute approximate surface area is 238 Å². The summed E-state index contributed by atoms with van der Waals surface area (Å²) in [7, 11) is 1.57. The number of methoxy groups -OCH3 is 1. The zero-order valence-electron chi connectivity index (χ0n) is 23.3. The highest BCUT2D eigenvalue weighted by atomic mass is 35.5. The van der Waals surface area contributed by atoms with Crippen molar-refractivity contribution in [1.29, 1.82) is 0 Å². The van der Waals surface area contributed by atoms with Gasteiger partial charge in [0.1, 0.15) is 11.4 Å². The minimum Gasteiger partial charge on any atom is -0.467 e. The minimum atomic E-state index is -0.543. The molecule has 2 aliphatic heterocycles. The largest absolute Gasteiger partial charge is 0.467 e. The summed E-state index contributed by atoms with van der Waals surface area (Å²) in [5.41, 5.74) is 3.50. The van der Waals surface area contributed by atoms with Crippen molar-refractivity contribution in [2.45, 2.75) is 70.1 Å². The molecule has 3 aromatic rings. The Morgan fingerprint density at radius 1 is 1.10 bits per heavy atom. The summed E-state index contributed by atoms with van der Waals surface area (Å²) in [5.74, 6) is 0.993. The third-order valence-corrected chi connectivity index (χ3v) is 8.15. The summed E-state index contributed by atoms with van der Waals surface area (Å²) in [6.07, 6.45) is 5.55. The fraction of sp³-hybridized carbons (Fsp3) is 0.500. The van der Waals surface area contributed by atoms with Gasteiger partial charge in [0.15, 0.2) is 6.79 Å². The van der Waals surface area contributed by atoms with Crippen LogP contribution in [-0.4, -0.2) is 65.6 Å². The molecular formula is C30H35ClN4O5. The van der Waals surface area contributed by atoms with Crippen LogP contribution in [-0.2, 0) is 9.47 Å². The topological polar surface area (TPSA) is 97.0 Å². The Bertz CT molecular complexity index is 1500. The van der Waals surface area contributed by atoms with Crippen molar-refractivity contribution in [2.75, 3.05) is 31.9 Å². The van der Waals surface area contributed by atoms with Crippen LogP contribution >= 0.6 is 11.6 Å². The molecule has 0 radical (unpaired) electrons. The van der Waals surface area contributed by atoms with E-state index >= 15 is 0 Å². The van der Waals surface area contributed by atoms with E-state index in [2.05, 4.69) is 9.88 Å². The van der Waals surface area contributed by atoms with Crippen LogP contribution in [0.1, 0.15) is 57.9 Å². The number of rotatable bonds is 6. The monoisotopic (exact) mass is 566 g/mol. The van der Waals surface area contributed by atoms with Crippen LogP contribution in [0.3, 0.4) is 0 Å². The van der Waals surface area contributed by atoms with Gasteiger partial charge in [-0.15, -0.1) is 0 Å². The van der Waals surface area contributed by atoms with E-state index in [4.69, 9.17) is 30.8 Å². The van der Waals surface area contributed by atoms with Crippen molar-refractivity contribution in [3.63, 3.8) is 0 Å². The first kappa shape index (κ1) is 26.9. The van der Waals surface area contributed by atoms with Crippen molar-refractivity contribution in [2.24, 2.45) is 0 Å². The van der Waals surface area contributed by atoms with Gasteiger partial charge >= 0.3 is 6.09 Å². The standard InChI is InChI=1S/C30H35ClN4O5/c1-30(2,3)40-29(37)35-18-7-8-19(35)15-34(14-18)26-12-27(36)33-25-11-24(32-13-22(25)26)21-9-20(39-16-38-4)10-23(31)28(21)17-5-6-17/h9-13,17-19H,5-8,14-16H2,1-4H3,(H,33,36). The van der Waals surface area contributed by atoms with E-state index in [9.17, 15) is 9.59 Å². The second kappa shape index (κ2) is 10.3. The number of hydrogen-bond donors (Lipinski definition) is 1. The van der Waals surface area contributed by atoms with E-state index in [1.165, 1.54) is 0 Å². The van der Waals surface area contributed by atoms with Gasteiger partial charge in [0.25, 0.3) is 0 Å². The van der Waals surface area contributed by atoms with E-state index < -0.39 is 5.60 Å². The molecular weight excluding hydrogens is 532 g/mol. The summed E-state index contributed by atoms with van der Waals surface area (Å²) in [6.45, 7) is 7.04. The number of aromatic amines is 1. The Hall–Kier alpha value is -3.30. The number of fused-ring (bicyclic) bond motifs is 3. The number of carbonyl (C=O) groups excluding carboxylic acids is 1. The number of halogens is 1. The van der Waals surface area contributed by atoms with Crippen molar-refractivity contribution < 1.29 is 19.0 Å². The molecule has 2 aromatic heterocycles. The quantitative estimate of drug-likeness (QED) is 0.383. The SMILES string of the molecule is COCOc1cc(Cl)c(C2CC2)c(-c2cc3[nH]c(=O)cc(N4CC5CCC(C4)N5C(=O)OC(C)(C)C)c3cn2)c1. The zero-order chi connectivity index (χ0) is 28.2. The highest BCUT2D eigenvalue weighted by Crippen LogP contribution is 2.49. The molecule has 4 heterocycles. The number of carbonyl (C=O) groups is 1. The number of hydrogen-bond acceptors (Lipinski definition) is 7. The molecule has 2 atom stereocenters. The highest BCUT2D eigenvalue weighted by Gasteiger charge is 2.44. The first-order valence-electron chi connectivity index (χ1n) is 13.9. The lowest BCUT2D eigenvalue weighted by Gasteiger charge is -2.42. The third-order valence-electron chi connectivity index (χ3n) is 7.84. The number of nitrogens with zero attached hydrogens (tertiary/aromatic N) is 3. The van der Waals surface area contributed by atoms with E-state index in [0.717, 1.165) is 53.6 Å². The number of piperazine rings is 1. The van der Waals surface area contributed by atoms with Crippen LogP contribution in [0.5, 0.6) is 5.75 Å². The number of aromatic nitrogens is 2. The summed E-state index contributed by atoms with van der Waals surface area (Å²) >= 11 is 6.72. The molecule has 2 unspecified atom stereocenters. The van der Waals surface area contributed by atoms with Crippen LogP contribution in [0, 0.1) is 0 Å². The molecule has 9 nitrogen and oxygen atoms in total. The van der Waals surface area contributed by atoms with Gasteiger partial charge in [0, 0.05) is 48.4 Å². The molecule has 3 aliphatic rings. The average molecular weight is 567 g/mol. The number of ether oxygens (including phenoxy) is 3.